The summed E-state index contributed by atoms with van der Waals surface area (Å²) in [5, 5.41) is 10.7. The summed E-state index contributed by atoms with van der Waals surface area (Å²) in [5.41, 5.74) is 11.6. The second-order valence-corrected chi connectivity index (χ2v) is 11.9. The summed E-state index contributed by atoms with van der Waals surface area (Å²) < 4.78 is 9.95. The topological polar surface area (TPSA) is 114 Å². The van der Waals surface area contributed by atoms with Gasteiger partial charge in [0.05, 0.1) is 30.0 Å². The lowest BCUT2D eigenvalue weighted by Crippen LogP contribution is -2.40. The zero-order chi connectivity index (χ0) is 28.3. The molecule has 3 atom stereocenters. The van der Waals surface area contributed by atoms with Gasteiger partial charge in [-0.1, -0.05) is 6.92 Å². The lowest BCUT2D eigenvalue weighted by molar-refractivity contribution is 0.0726. The Balaban J connectivity index is 1.48. The molecular formula is C31H37N7O2. The number of aryl methyl sites for hydroxylation is 3. The van der Waals surface area contributed by atoms with Gasteiger partial charge in [0.15, 0.2) is 5.88 Å². The minimum absolute atomic E-state index is 0.00686. The van der Waals surface area contributed by atoms with E-state index in [0.717, 1.165) is 59.5 Å². The smallest absolute Gasteiger partial charge is 0.254 e. The number of aromatic nitrogens is 4. The molecule has 9 heteroatoms. The van der Waals surface area contributed by atoms with E-state index in [0.29, 0.717) is 30.1 Å². The molecule has 208 valence electrons. The normalized spacial score (nSPS) is 20.5. The molecule has 2 bridgehead atoms. The number of hydrogen-bond acceptors (Lipinski definition) is 6. The molecule has 2 fully saturated rings. The average molecular weight is 540 g/mol. The van der Waals surface area contributed by atoms with Crippen molar-refractivity contribution in [2.45, 2.75) is 84.5 Å². The van der Waals surface area contributed by atoms with Gasteiger partial charge in [-0.25, -0.2) is 9.97 Å². The highest BCUT2D eigenvalue weighted by molar-refractivity contribution is 5.96. The quantitative estimate of drug-likeness (QED) is 0.358. The van der Waals surface area contributed by atoms with Crippen LogP contribution in [0.5, 0.6) is 5.88 Å². The van der Waals surface area contributed by atoms with Gasteiger partial charge in [-0.05, 0) is 77.1 Å². The Labute approximate surface area is 234 Å². The molecule has 4 aromatic heterocycles. The molecule has 2 N–H and O–H groups in total. The molecule has 6 heterocycles. The van der Waals surface area contributed by atoms with Crippen molar-refractivity contribution in [3.63, 3.8) is 0 Å². The van der Waals surface area contributed by atoms with Gasteiger partial charge in [-0.2, -0.15) is 5.26 Å². The fraction of sp³-hybridized carbons (Fsp3) is 0.484. The molecule has 2 aliphatic rings. The van der Waals surface area contributed by atoms with E-state index in [9.17, 15) is 10.1 Å². The van der Waals surface area contributed by atoms with Crippen LogP contribution in [0.25, 0.3) is 28.1 Å². The van der Waals surface area contributed by atoms with Crippen molar-refractivity contribution in [2.75, 3.05) is 7.11 Å². The Kier molecular flexibility index (Phi) is 6.34. The monoisotopic (exact) mass is 539 g/mol. The van der Waals surface area contributed by atoms with Gasteiger partial charge < -0.3 is 19.9 Å². The Morgan fingerprint density at radius 1 is 1.23 bits per heavy atom. The van der Waals surface area contributed by atoms with Crippen LogP contribution >= 0.6 is 0 Å². The van der Waals surface area contributed by atoms with Crippen molar-refractivity contribution in [1.29, 1.82) is 5.26 Å². The first-order valence-electron chi connectivity index (χ1n) is 14.2. The second kappa shape index (κ2) is 9.63. The molecule has 0 unspecified atom stereocenters. The maximum Gasteiger partial charge on any atom is 0.254 e. The van der Waals surface area contributed by atoms with E-state index in [4.69, 9.17) is 20.4 Å². The molecule has 0 radical (unpaired) electrons. The van der Waals surface area contributed by atoms with Gasteiger partial charge in [0.1, 0.15) is 17.0 Å². The number of ether oxygens (including phenoxy) is 1. The first kappa shape index (κ1) is 26.3. The Hall–Kier alpha value is -3.90. The fourth-order valence-electron chi connectivity index (χ4n) is 6.53. The second-order valence-electron chi connectivity index (χ2n) is 11.9. The van der Waals surface area contributed by atoms with Gasteiger partial charge >= 0.3 is 0 Å². The molecule has 4 aromatic rings. The molecule has 0 spiro atoms. The summed E-state index contributed by atoms with van der Waals surface area (Å²) in [4.78, 5) is 25.7. The third kappa shape index (κ3) is 4.13. The molecular weight excluding hydrogens is 502 g/mol. The van der Waals surface area contributed by atoms with Gasteiger partial charge in [-0.3, -0.25) is 9.20 Å². The highest BCUT2D eigenvalue weighted by Gasteiger charge is 2.47. The lowest BCUT2D eigenvalue weighted by Gasteiger charge is -2.23. The number of nitrogens with zero attached hydrogens (tertiary/aromatic N) is 6. The number of imidazole rings is 1. The molecule has 0 aromatic carbocycles. The molecule has 40 heavy (non-hydrogen) atoms. The minimum Gasteiger partial charge on any atom is -0.482 e. The van der Waals surface area contributed by atoms with E-state index in [1.54, 1.807) is 7.11 Å². The highest BCUT2D eigenvalue weighted by atomic mass is 16.5. The first-order chi connectivity index (χ1) is 19.2. The molecule has 0 saturated carbocycles. The number of nitriles is 1. The molecule has 2 aliphatic heterocycles. The number of methoxy groups -OCH3 is 1. The van der Waals surface area contributed by atoms with Gasteiger partial charge in [0.25, 0.3) is 5.91 Å². The van der Waals surface area contributed by atoms with Crippen molar-refractivity contribution >= 4 is 22.6 Å². The summed E-state index contributed by atoms with van der Waals surface area (Å²) in [6.45, 7) is 8.67. The SMILES string of the molecule is CCc1ccc2cc(-c3nc4cc(C(=O)N5[C@H]6CC[C@@H]5[C@H](N)C6)cc(OC)n4c3C)n(CCC(C)(C)C#N)c2n1. The van der Waals surface area contributed by atoms with Crippen LogP contribution in [0.1, 0.15) is 68.2 Å². The largest absolute Gasteiger partial charge is 0.482 e. The summed E-state index contributed by atoms with van der Waals surface area (Å²) in [5.74, 6) is 0.556. The number of nitrogens with two attached hydrogens (primary N) is 1. The maximum absolute atomic E-state index is 13.7. The van der Waals surface area contributed by atoms with Crippen LogP contribution in [0, 0.1) is 23.7 Å². The predicted octanol–water partition coefficient (Wildman–Crippen LogP) is 4.87. The van der Waals surface area contributed by atoms with Gasteiger partial charge in [-0.15, -0.1) is 0 Å². The van der Waals surface area contributed by atoms with Crippen molar-refractivity contribution in [1.82, 2.24) is 23.8 Å². The van der Waals surface area contributed by atoms with Crippen molar-refractivity contribution in [3.8, 4) is 23.3 Å². The van der Waals surface area contributed by atoms with Crippen molar-refractivity contribution < 1.29 is 9.53 Å². The summed E-state index contributed by atoms with van der Waals surface area (Å²) in [7, 11) is 1.62. The van der Waals surface area contributed by atoms with Crippen LogP contribution in [0.3, 0.4) is 0 Å². The third-order valence-corrected chi connectivity index (χ3v) is 8.86. The molecule has 2 saturated heterocycles. The molecule has 1 amide bonds. The van der Waals surface area contributed by atoms with E-state index < -0.39 is 5.41 Å². The minimum atomic E-state index is -0.472. The zero-order valence-electron chi connectivity index (χ0n) is 23.9. The Bertz CT molecular complexity index is 1670. The molecule has 9 nitrogen and oxygen atoms in total. The zero-order valence-corrected chi connectivity index (χ0v) is 23.9. The van der Waals surface area contributed by atoms with E-state index in [1.165, 1.54) is 0 Å². The summed E-state index contributed by atoms with van der Waals surface area (Å²) in [6, 6.07) is 12.7. The van der Waals surface area contributed by atoms with Gasteiger partial charge in [0, 0.05) is 47.4 Å². The molecule has 6 rings (SSSR count). The standard InChI is InChI=1S/C31H37N7O2/c1-6-21-8-7-19-13-25(36(29(19)34-21)12-11-31(3,4)17-32)28-18(2)37-26(35-28)14-20(15-27(37)40-5)30(39)38-22-9-10-24(38)23(33)16-22/h7-8,13-15,22-24H,6,9-12,16,33H2,1-5H3/t22-,23+,24+/m0/s1. The van der Waals surface area contributed by atoms with Crippen molar-refractivity contribution in [3.05, 3.63) is 47.3 Å². The van der Waals surface area contributed by atoms with Crippen LogP contribution in [0.15, 0.2) is 30.3 Å². The number of fused-ring (bicyclic) bond motifs is 4. The van der Waals surface area contributed by atoms with E-state index in [2.05, 4.69) is 35.8 Å². The summed E-state index contributed by atoms with van der Waals surface area (Å²) >= 11 is 0. The number of rotatable bonds is 7. The summed E-state index contributed by atoms with van der Waals surface area (Å²) in [6.07, 6.45) is 4.35. The first-order valence-corrected chi connectivity index (χ1v) is 14.2. The van der Waals surface area contributed by atoms with Crippen LogP contribution in [-0.4, -0.2) is 55.0 Å². The van der Waals surface area contributed by atoms with E-state index in [1.807, 2.05) is 42.2 Å². The van der Waals surface area contributed by atoms with E-state index in [-0.39, 0.29) is 24.0 Å². The van der Waals surface area contributed by atoms with Crippen LogP contribution in [0.2, 0.25) is 0 Å². The van der Waals surface area contributed by atoms with Crippen LogP contribution < -0.4 is 10.5 Å². The lowest BCUT2D eigenvalue weighted by atomic mass is 9.91. The Morgan fingerprint density at radius 2 is 2.02 bits per heavy atom. The fourth-order valence-corrected chi connectivity index (χ4v) is 6.53. The van der Waals surface area contributed by atoms with Crippen LogP contribution in [-0.2, 0) is 13.0 Å². The maximum atomic E-state index is 13.7. The van der Waals surface area contributed by atoms with Crippen LogP contribution in [0.4, 0.5) is 0 Å². The number of pyridine rings is 2. The van der Waals surface area contributed by atoms with Crippen molar-refractivity contribution in [2.24, 2.45) is 11.1 Å². The highest BCUT2D eigenvalue weighted by Crippen LogP contribution is 2.39. The number of hydrogen-bond donors (Lipinski definition) is 1. The number of amides is 1. The third-order valence-electron chi connectivity index (χ3n) is 8.86. The van der Waals surface area contributed by atoms with Gasteiger partial charge in [0.2, 0.25) is 0 Å². The Morgan fingerprint density at radius 3 is 2.67 bits per heavy atom. The average Bonchev–Trinajstić information content (AvgIpc) is 3.70. The van der Waals surface area contributed by atoms with E-state index >= 15 is 0 Å². The number of carbonyl (C=O) groups excluding carboxylic acids is 1. The number of carbonyl (C=O) groups is 1. The predicted molar refractivity (Wildman–Crippen MR) is 154 cm³/mol. The molecule has 0 aliphatic carbocycles.